The predicted octanol–water partition coefficient (Wildman–Crippen LogP) is 3.29. The lowest BCUT2D eigenvalue weighted by Crippen LogP contribution is -2.38. The van der Waals surface area contributed by atoms with Crippen LogP contribution in [0.25, 0.3) is 0 Å². The molecule has 2 aliphatic rings. The first-order valence-electron chi connectivity index (χ1n) is 7.30. The molecule has 0 bridgehead atoms. The van der Waals surface area contributed by atoms with E-state index >= 15 is 0 Å². The first kappa shape index (κ1) is 13.1. The Morgan fingerprint density at radius 1 is 1.58 bits per heavy atom. The van der Waals surface area contributed by atoms with Gasteiger partial charge in [-0.25, -0.2) is 0 Å². The number of rotatable bonds is 5. The molecule has 1 aromatic heterocycles. The standard InChI is InChI=1S/C15H22N2OS/c1-3-4-5-11(2)17-13(12-6-9-19-10-12)16-15(7-8-15)14(17)18/h6,9-11,13,16H,3-5,7-8H2,1-2H3. The third kappa shape index (κ3) is 2.21. The lowest BCUT2D eigenvalue weighted by molar-refractivity contribution is -0.132. The van der Waals surface area contributed by atoms with E-state index in [4.69, 9.17) is 0 Å². The van der Waals surface area contributed by atoms with Crippen LogP contribution in [0.5, 0.6) is 0 Å². The van der Waals surface area contributed by atoms with Crippen molar-refractivity contribution in [3.63, 3.8) is 0 Å². The minimum atomic E-state index is -0.215. The van der Waals surface area contributed by atoms with Crippen LogP contribution < -0.4 is 5.32 Å². The average Bonchev–Trinajstić information content (AvgIpc) is 2.87. The Bertz CT molecular complexity index is 453. The van der Waals surface area contributed by atoms with Crippen LogP contribution in [0, 0.1) is 0 Å². The molecule has 1 amide bonds. The molecule has 4 heteroatoms. The molecule has 1 saturated carbocycles. The fraction of sp³-hybridized carbons (Fsp3) is 0.667. The van der Waals surface area contributed by atoms with Gasteiger partial charge in [0.05, 0.1) is 0 Å². The van der Waals surface area contributed by atoms with Crippen LogP contribution in [0.4, 0.5) is 0 Å². The van der Waals surface area contributed by atoms with Crippen LogP contribution in [0.15, 0.2) is 16.8 Å². The van der Waals surface area contributed by atoms with E-state index in [0.717, 1.165) is 19.3 Å². The highest BCUT2D eigenvalue weighted by atomic mass is 32.1. The third-order valence-corrected chi connectivity index (χ3v) is 5.10. The molecule has 104 valence electrons. The van der Waals surface area contributed by atoms with E-state index < -0.39 is 0 Å². The minimum Gasteiger partial charge on any atom is -0.319 e. The molecule has 1 N–H and O–H groups in total. The van der Waals surface area contributed by atoms with Gasteiger partial charge in [-0.3, -0.25) is 10.1 Å². The summed E-state index contributed by atoms with van der Waals surface area (Å²) in [6, 6.07) is 2.46. The van der Waals surface area contributed by atoms with Gasteiger partial charge in [0, 0.05) is 6.04 Å². The maximum atomic E-state index is 12.7. The molecule has 1 aliphatic carbocycles. The van der Waals surface area contributed by atoms with Crippen molar-refractivity contribution in [1.82, 2.24) is 10.2 Å². The van der Waals surface area contributed by atoms with Crippen LogP contribution >= 0.6 is 11.3 Å². The van der Waals surface area contributed by atoms with Gasteiger partial charge in [-0.05, 0) is 48.6 Å². The Labute approximate surface area is 119 Å². The van der Waals surface area contributed by atoms with Crippen molar-refractivity contribution >= 4 is 17.2 Å². The fourth-order valence-corrected chi connectivity index (χ4v) is 3.69. The number of unbranched alkanes of at least 4 members (excludes halogenated alkanes) is 1. The molecule has 19 heavy (non-hydrogen) atoms. The summed E-state index contributed by atoms with van der Waals surface area (Å²) in [7, 11) is 0. The molecule has 2 heterocycles. The van der Waals surface area contributed by atoms with E-state index in [1.165, 1.54) is 18.4 Å². The summed E-state index contributed by atoms with van der Waals surface area (Å²) in [4.78, 5) is 14.8. The zero-order valence-electron chi connectivity index (χ0n) is 11.7. The van der Waals surface area contributed by atoms with Gasteiger partial charge in [0.1, 0.15) is 11.7 Å². The highest BCUT2D eigenvalue weighted by Crippen LogP contribution is 2.47. The number of carbonyl (C=O) groups excluding carboxylic acids is 1. The van der Waals surface area contributed by atoms with Gasteiger partial charge in [-0.2, -0.15) is 11.3 Å². The van der Waals surface area contributed by atoms with E-state index in [0.29, 0.717) is 11.9 Å². The smallest absolute Gasteiger partial charge is 0.244 e. The summed E-state index contributed by atoms with van der Waals surface area (Å²) < 4.78 is 0. The van der Waals surface area contributed by atoms with Crippen LogP contribution in [0.2, 0.25) is 0 Å². The van der Waals surface area contributed by atoms with Crippen LogP contribution in [0.3, 0.4) is 0 Å². The number of hydrogen-bond donors (Lipinski definition) is 1. The summed E-state index contributed by atoms with van der Waals surface area (Å²) in [5, 5.41) is 7.83. The molecular weight excluding hydrogens is 256 g/mol. The Hall–Kier alpha value is -0.870. The molecule has 2 unspecified atom stereocenters. The topological polar surface area (TPSA) is 32.3 Å². The second kappa shape index (κ2) is 4.91. The third-order valence-electron chi connectivity index (χ3n) is 4.39. The van der Waals surface area contributed by atoms with Gasteiger partial charge >= 0.3 is 0 Å². The molecule has 1 aromatic rings. The Morgan fingerprint density at radius 3 is 2.95 bits per heavy atom. The molecule has 1 saturated heterocycles. The zero-order chi connectivity index (χ0) is 13.5. The van der Waals surface area contributed by atoms with Gasteiger partial charge in [-0.15, -0.1) is 0 Å². The lowest BCUT2D eigenvalue weighted by Gasteiger charge is -2.30. The fourth-order valence-electron chi connectivity index (χ4n) is 3.01. The normalized spacial score (nSPS) is 26.1. The summed E-state index contributed by atoms with van der Waals surface area (Å²) in [6.07, 6.45) is 5.57. The molecular formula is C15H22N2OS. The van der Waals surface area contributed by atoms with Crippen molar-refractivity contribution in [3.05, 3.63) is 22.4 Å². The maximum Gasteiger partial charge on any atom is 0.244 e. The molecule has 3 nitrogen and oxygen atoms in total. The number of thiophene rings is 1. The summed E-state index contributed by atoms with van der Waals surface area (Å²) >= 11 is 1.70. The number of amides is 1. The highest BCUT2D eigenvalue weighted by Gasteiger charge is 2.60. The van der Waals surface area contributed by atoms with Gasteiger partial charge in [0.15, 0.2) is 0 Å². The Morgan fingerprint density at radius 2 is 2.37 bits per heavy atom. The van der Waals surface area contributed by atoms with Gasteiger partial charge in [0.25, 0.3) is 0 Å². The molecule has 0 aromatic carbocycles. The van der Waals surface area contributed by atoms with Gasteiger partial charge in [0.2, 0.25) is 5.91 Å². The zero-order valence-corrected chi connectivity index (χ0v) is 12.5. The summed E-state index contributed by atoms with van der Waals surface area (Å²) in [5.74, 6) is 0.326. The largest absolute Gasteiger partial charge is 0.319 e. The number of carbonyl (C=O) groups is 1. The molecule has 2 fully saturated rings. The van der Waals surface area contributed by atoms with E-state index in [1.54, 1.807) is 11.3 Å². The van der Waals surface area contributed by atoms with Gasteiger partial charge < -0.3 is 4.90 Å². The van der Waals surface area contributed by atoms with Gasteiger partial charge in [-0.1, -0.05) is 19.8 Å². The molecule has 1 spiro atoms. The van der Waals surface area contributed by atoms with E-state index in [-0.39, 0.29) is 11.7 Å². The Kier molecular flexibility index (Phi) is 3.39. The molecule has 0 radical (unpaired) electrons. The van der Waals surface area contributed by atoms with Crippen molar-refractivity contribution in [2.24, 2.45) is 0 Å². The summed E-state index contributed by atoms with van der Waals surface area (Å²) in [5.41, 5.74) is 1.03. The average molecular weight is 278 g/mol. The number of nitrogens with zero attached hydrogens (tertiary/aromatic N) is 1. The quantitative estimate of drug-likeness (QED) is 0.896. The molecule has 3 rings (SSSR count). The van der Waals surface area contributed by atoms with Crippen molar-refractivity contribution in [3.8, 4) is 0 Å². The molecule has 1 aliphatic heterocycles. The van der Waals surface area contributed by atoms with E-state index in [9.17, 15) is 4.79 Å². The van der Waals surface area contributed by atoms with Crippen molar-refractivity contribution in [2.75, 3.05) is 0 Å². The Balaban J connectivity index is 1.83. The van der Waals surface area contributed by atoms with Crippen molar-refractivity contribution in [1.29, 1.82) is 0 Å². The van der Waals surface area contributed by atoms with Crippen LogP contribution in [-0.4, -0.2) is 22.4 Å². The van der Waals surface area contributed by atoms with Crippen LogP contribution in [-0.2, 0) is 4.79 Å². The number of hydrogen-bond acceptors (Lipinski definition) is 3. The minimum absolute atomic E-state index is 0.0908. The second-order valence-electron chi connectivity index (χ2n) is 5.89. The maximum absolute atomic E-state index is 12.7. The highest BCUT2D eigenvalue weighted by molar-refractivity contribution is 7.07. The first-order chi connectivity index (χ1) is 9.18. The monoisotopic (exact) mass is 278 g/mol. The first-order valence-corrected chi connectivity index (χ1v) is 8.25. The van der Waals surface area contributed by atoms with Crippen LogP contribution in [0.1, 0.15) is 57.7 Å². The lowest BCUT2D eigenvalue weighted by atomic mass is 10.1. The predicted molar refractivity (Wildman–Crippen MR) is 78.0 cm³/mol. The molecule has 2 atom stereocenters. The SMILES string of the molecule is CCCCC(C)N1C(=O)C2(CC2)NC1c1ccsc1. The van der Waals surface area contributed by atoms with Crippen molar-refractivity contribution < 1.29 is 4.79 Å². The summed E-state index contributed by atoms with van der Waals surface area (Å²) in [6.45, 7) is 4.39. The number of nitrogens with one attached hydrogen (secondary N) is 1. The van der Waals surface area contributed by atoms with E-state index in [2.05, 4.69) is 40.9 Å². The van der Waals surface area contributed by atoms with E-state index in [1.807, 2.05) is 0 Å². The second-order valence-corrected chi connectivity index (χ2v) is 6.67. The van der Waals surface area contributed by atoms with Crippen molar-refractivity contribution in [2.45, 2.75) is 63.7 Å².